The zero-order valence-corrected chi connectivity index (χ0v) is 17.9. The third-order valence-corrected chi connectivity index (χ3v) is 5.65. The fourth-order valence-corrected chi connectivity index (χ4v) is 3.90. The third kappa shape index (κ3) is 5.15. The van der Waals surface area contributed by atoms with Crippen LogP contribution in [0.3, 0.4) is 0 Å². The highest BCUT2D eigenvalue weighted by atomic mass is 16.6. The van der Waals surface area contributed by atoms with Gasteiger partial charge in [0.15, 0.2) is 0 Å². The Morgan fingerprint density at radius 1 is 0.938 bits per heavy atom. The number of anilines is 1. The molecule has 3 N–H and O–H groups in total. The lowest BCUT2D eigenvalue weighted by molar-refractivity contribution is -0.120. The fourth-order valence-electron chi connectivity index (χ4n) is 3.90. The Morgan fingerprint density at radius 3 is 2.47 bits per heavy atom. The van der Waals surface area contributed by atoms with Crippen molar-refractivity contribution in [1.29, 1.82) is 0 Å². The summed E-state index contributed by atoms with van der Waals surface area (Å²) >= 11 is 0. The van der Waals surface area contributed by atoms with E-state index in [-0.39, 0.29) is 12.5 Å². The summed E-state index contributed by atoms with van der Waals surface area (Å²) in [7, 11) is 0. The molecule has 4 rings (SSSR count). The molecule has 0 aromatic heterocycles. The third-order valence-electron chi connectivity index (χ3n) is 5.65. The van der Waals surface area contributed by atoms with Crippen molar-refractivity contribution < 1.29 is 14.3 Å². The van der Waals surface area contributed by atoms with Crippen LogP contribution in [0.15, 0.2) is 78.9 Å². The van der Waals surface area contributed by atoms with Crippen LogP contribution in [0.4, 0.5) is 10.5 Å². The number of nitrogens with zero attached hydrogens (tertiary/aromatic N) is 1. The van der Waals surface area contributed by atoms with Gasteiger partial charge < -0.3 is 15.8 Å². The van der Waals surface area contributed by atoms with Crippen LogP contribution < -0.4 is 11.1 Å². The first-order valence-electron chi connectivity index (χ1n) is 10.8. The van der Waals surface area contributed by atoms with Crippen molar-refractivity contribution in [2.45, 2.75) is 32.0 Å². The molecular formula is C26H27N3O3. The average molecular weight is 430 g/mol. The van der Waals surface area contributed by atoms with Crippen molar-refractivity contribution in [3.8, 4) is 11.1 Å². The quantitative estimate of drug-likeness (QED) is 0.602. The predicted octanol–water partition coefficient (Wildman–Crippen LogP) is 4.55. The number of amides is 2. The summed E-state index contributed by atoms with van der Waals surface area (Å²) in [6.07, 6.45) is 0.929. The molecule has 3 aromatic rings. The van der Waals surface area contributed by atoms with Crippen molar-refractivity contribution in [1.82, 2.24) is 4.90 Å². The summed E-state index contributed by atoms with van der Waals surface area (Å²) in [6.45, 7) is 1.21. The predicted molar refractivity (Wildman–Crippen MR) is 125 cm³/mol. The van der Waals surface area contributed by atoms with Crippen molar-refractivity contribution in [3.63, 3.8) is 0 Å². The standard InChI is InChI=1S/C26H27N3O3/c27-17-19-11-13-21(14-12-19)22-8-4-9-23(16-22)28-25(30)24-10-5-15-29(24)26(31)32-18-20-6-2-1-3-7-20/h1-4,6-9,11-14,16,24H,5,10,15,17-18,27H2,(H,28,30)/t24-/m0/s1. The molecule has 6 nitrogen and oxygen atoms in total. The lowest BCUT2D eigenvalue weighted by Crippen LogP contribution is -2.43. The highest BCUT2D eigenvalue weighted by Crippen LogP contribution is 2.25. The van der Waals surface area contributed by atoms with Gasteiger partial charge in [0.05, 0.1) is 0 Å². The second kappa shape index (κ2) is 10.1. The minimum Gasteiger partial charge on any atom is -0.445 e. The van der Waals surface area contributed by atoms with Crippen LogP contribution in [-0.2, 0) is 22.7 Å². The van der Waals surface area contributed by atoms with Gasteiger partial charge in [0.1, 0.15) is 12.6 Å². The topological polar surface area (TPSA) is 84.7 Å². The first-order chi connectivity index (χ1) is 15.6. The molecule has 0 radical (unpaired) electrons. The molecule has 1 atom stereocenters. The van der Waals surface area contributed by atoms with Gasteiger partial charge in [0.25, 0.3) is 0 Å². The fraction of sp³-hybridized carbons (Fsp3) is 0.231. The van der Waals surface area contributed by atoms with Crippen molar-refractivity contribution in [2.24, 2.45) is 5.73 Å². The van der Waals surface area contributed by atoms with Crippen LogP contribution in [0.5, 0.6) is 0 Å². The number of benzene rings is 3. The van der Waals surface area contributed by atoms with E-state index in [0.29, 0.717) is 25.2 Å². The Bertz CT molecular complexity index is 1070. The van der Waals surface area contributed by atoms with Crippen molar-refractivity contribution >= 4 is 17.7 Å². The van der Waals surface area contributed by atoms with Gasteiger partial charge in [-0.1, -0.05) is 66.7 Å². The van der Waals surface area contributed by atoms with Crippen LogP contribution in [0, 0.1) is 0 Å². The smallest absolute Gasteiger partial charge is 0.410 e. The molecule has 0 spiro atoms. The Morgan fingerprint density at radius 2 is 1.72 bits per heavy atom. The van der Waals surface area contributed by atoms with Gasteiger partial charge in [-0.3, -0.25) is 9.69 Å². The molecule has 1 fully saturated rings. The molecule has 0 saturated carbocycles. The second-order valence-electron chi connectivity index (χ2n) is 7.86. The summed E-state index contributed by atoms with van der Waals surface area (Å²) in [5.41, 5.74) is 10.4. The molecule has 6 heteroatoms. The van der Waals surface area contributed by atoms with Gasteiger partial charge in [0.2, 0.25) is 5.91 Å². The molecule has 2 amide bonds. The van der Waals surface area contributed by atoms with Crippen molar-refractivity contribution in [3.05, 3.63) is 90.0 Å². The minimum atomic E-state index is -0.536. The van der Waals surface area contributed by atoms with Gasteiger partial charge in [0, 0.05) is 18.8 Å². The van der Waals surface area contributed by atoms with E-state index in [1.54, 1.807) is 0 Å². The van der Waals surface area contributed by atoms with E-state index in [9.17, 15) is 9.59 Å². The van der Waals surface area contributed by atoms with E-state index in [1.807, 2.05) is 78.9 Å². The molecule has 3 aromatic carbocycles. The lowest BCUT2D eigenvalue weighted by atomic mass is 10.0. The second-order valence-corrected chi connectivity index (χ2v) is 7.86. The first-order valence-corrected chi connectivity index (χ1v) is 10.8. The van der Waals surface area contributed by atoms with Gasteiger partial charge in [-0.15, -0.1) is 0 Å². The molecule has 0 unspecified atom stereocenters. The lowest BCUT2D eigenvalue weighted by Gasteiger charge is -2.23. The summed E-state index contributed by atoms with van der Waals surface area (Å²) in [4.78, 5) is 27.1. The van der Waals surface area contributed by atoms with Crippen LogP contribution in [-0.4, -0.2) is 29.5 Å². The largest absolute Gasteiger partial charge is 0.445 e. The highest BCUT2D eigenvalue weighted by Gasteiger charge is 2.35. The number of ether oxygens (including phenoxy) is 1. The normalized spacial score (nSPS) is 15.4. The number of nitrogens with two attached hydrogens (primary N) is 1. The number of nitrogens with one attached hydrogen (secondary N) is 1. The molecule has 1 aliphatic rings. The molecule has 1 saturated heterocycles. The summed E-state index contributed by atoms with van der Waals surface area (Å²) in [5.74, 6) is -0.199. The zero-order valence-electron chi connectivity index (χ0n) is 17.9. The number of likely N-dealkylation sites (tertiary alicyclic amines) is 1. The van der Waals surface area contributed by atoms with E-state index < -0.39 is 12.1 Å². The molecule has 164 valence electrons. The molecule has 32 heavy (non-hydrogen) atoms. The number of hydrogen-bond acceptors (Lipinski definition) is 4. The van der Waals surface area contributed by atoms with E-state index in [0.717, 1.165) is 28.7 Å². The summed E-state index contributed by atoms with van der Waals surface area (Å²) in [5, 5.41) is 2.97. The zero-order chi connectivity index (χ0) is 22.3. The van der Waals surface area contributed by atoms with Gasteiger partial charge in [-0.2, -0.15) is 0 Å². The Balaban J connectivity index is 1.39. The van der Waals surface area contributed by atoms with Crippen LogP contribution in [0.25, 0.3) is 11.1 Å². The molecule has 1 aliphatic heterocycles. The number of carbonyl (C=O) groups excluding carboxylic acids is 2. The van der Waals surface area contributed by atoms with Gasteiger partial charge >= 0.3 is 6.09 Å². The molecular weight excluding hydrogens is 402 g/mol. The minimum absolute atomic E-state index is 0.190. The monoisotopic (exact) mass is 429 g/mol. The van der Waals surface area contributed by atoms with Gasteiger partial charge in [-0.05, 0) is 47.2 Å². The Labute approximate surface area is 188 Å². The Hall–Kier alpha value is -3.64. The highest BCUT2D eigenvalue weighted by molar-refractivity contribution is 5.97. The maximum atomic E-state index is 13.0. The first kappa shape index (κ1) is 21.6. The maximum Gasteiger partial charge on any atom is 0.410 e. The van der Waals surface area contributed by atoms with Gasteiger partial charge in [-0.25, -0.2) is 4.79 Å². The molecule has 1 heterocycles. The van der Waals surface area contributed by atoms with E-state index in [1.165, 1.54) is 4.90 Å². The maximum absolute atomic E-state index is 13.0. The van der Waals surface area contributed by atoms with Crippen LogP contribution in [0.2, 0.25) is 0 Å². The summed E-state index contributed by atoms with van der Waals surface area (Å²) in [6, 6.07) is 24.7. The summed E-state index contributed by atoms with van der Waals surface area (Å²) < 4.78 is 5.44. The average Bonchev–Trinajstić information content (AvgIpc) is 3.34. The molecule has 0 bridgehead atoms. The van der Waals surface area contributed by atoms with E-state index in [4.69, 9.17) is 10.5 Å². The van der Waals surface area contributed by atoms with Crippen LogP contribution in [0.1, 0.15) is 24.0 Å². The van der Waals surface area contributed by atoms with Crippen LogP contribution >= 0.6 is 0 Å². The number of hydrogen-bond donors (Lipinski definition) is 2. The molecule has 0 aliphatic carbocycles. The Kier molecular flexibility index (Phi) is 6.82. The van der Waals surface area contributed by atoms with Crippen molar-refractivity contribution in [2.75, 3.05) is 11.9 Å². The van der Waals surface area contributed by atoms with E-state index in [2.05, 4.69) is 5.32 Å². The van der Waals surface area contributed by atoms with E-state index >= 15 is 0 Å². The number of carbonyl (C=O) groups is 2. The SMILES string of the molecule is NCc1ccc(-c2cccc(NC(=O)[C@@H]3CCCN3C(=O)OCc3ccccc3)c2)cc1. The number of rotatable bonds is 6.